The normalized spacial score (nSPS) is 15.8. The van der Waals surface area contributed by atoms with Crippen LogP contribution in [0.2, 0.25) is 0 Å². The molecule has 1 aromatic carbocycles. The van der Waals surface area contributed by atoms with Crippen molar-refractivity contribution in [2.24, 2.45) is 4.99 Å². The van der Waals surface area contributed by atoms with Crippen molar-refractivity contribution in [1.29, 1.82) is 0 Å². The van der Waals surface area contributed by atoms with Crippen molar-refractivity contribution in [2.75, 3.05) is 33.2 Å². The average Bonchev–Trinajstić information content (AvgIpc) is 2.66. The molecule has 0 radical (unpaired) electrons. The second kappa shape index (κ2) is 12.9. The Labute approximate surface area is 174 Å². The number of nitrogens with one attached hydrogen (secondary N) is 3. The lowest BCUT2D eigenvalue weighted by molar-refractivity contribution is -0.120. The number of nitrogens with zero attached hydrogens (tertiary/aromatic N) is 2. The Morgan fingerprint density at radius 3 is 2.50 bits per heavy atom. The van der Waals surface area contributed by atoms with Gasteiger partial charge in [-0.1, -0.05) is 37.3 Å². The SMILES string of the molecule is CCCN1CCC(NC(=NC)NCC(=O)NCc2ccccc2)CC1.I. The summed E-state index contributed by atoms with van der Waals surface area (Å²) in [6.07, 6.45) is 3.43. The molecule has 26 heavy (non-hydrogen) atoms. The first-order chi connectivity index (χ1) is 12.2. The van der Waals surface area contributed by atoms with Gasteiger partial charge in [-0.25, -0.2) is 0 Å². The van der Waals surface area contributed by atoms with Crippen molar-refractivity contribution in [3.8, 4) is 0 Å². The van der Waals surface area contributed by atoms with Crippen molar-refractivity contribution in [3.05, 3.63) is 35.9 Å². The van der Waals surface area contributed by atoms with Crippen LogP contribution in [0.25, 0.3) is 0 Å². The summed E-state index contributed by atoms with van der Waals surface area (Å²) >= 11 is 0. The number of piperidine rings is 1. The molecule has 0 aromatic heterocycles. The van der Waals surface area contributed by atoms with Crippen LogP contribution in [0, 0.1) is 0 Å². The van der Waals surface area contributed by atoms with Gasteiger partial charge in [-0.2, -0.15) is 0 Å². The van der Waals surface area contributed by atoms with Gasteiger partial charge in [-0.15, -0.1) is 24.0 Å². The summed E-state index contributed by atoms with van der Waals surface area (Å²) in [5, 5.41) is 9.44. The summed E-state index contributed by atoms with van der Waals surface area (Å²) in [7, 11) is 1.74. The van der Waals surface area contributed by atoms with Gasteiger partial charge in [0.25, 0.3) is 0 Å². The molecule has 0 spiro atoms. The van der Waals surface area contributed by atoms with Gasteiger partial charge in [0.2, 0.25) is 5.91 Å². The van der Waals surface area contributed by atoms with Gasteiger partial charge in [-0.3, -0.25) is 9.79 Å². The Morgan fingerprint density at radius 2 is 1.88 bits per heavy atom. The van der Waals surface area contributed by atoms with Crippen LogP contribution in [-0.2, 0) is 11.3 Å². The van der Waals surface area contributed by atoms with Gasteiger partial charge in [0, 0.05) is 32.7 Å². The van der Waals surface area contributed by atoms with Crippen molar-refractivity contribution in [1.82, 2.24) is 20.9 Å². The molecule has 146 valence electrons. The van der Waals surface area contributed by atoms with Crippen LogP contribution >= 0.6 is 24.0 Å². The van der Waals surface area contributed by atoms with Crippen LogP contribution in [0.15, 0.2) is 35.3 Å². The van der Waals surface area contributed by atoms with Crippen molar-refractivity contribution >= 4 is 35.8 Å². The van der Waals surface area contributed by atoms with Crippen LogP contribution in [0.1, 0.15) is 31.7 Å². The van der Waals surface area contributed by atoms with Gasteiger partial charge in [-0.05, 0) is 31.4 Å². The average molecular weight is 473 g/mol. The lowest BCUT2D eigenvalue weighted by Crippen LogP contribution is -2.50. The zero-order chi connectivity index (χ0) is 17.9. The molecule has 1 aliphatic heterocycles. The Morgan fingerprint density at radius 1 is 1.19 bits per heavy atom. The molecule has 1 aliphatic rings. The molecule has 1 heterocycles. The van der Waals surface area contributed by atoms with Crippen LogP contribution in [0.5, 0.6) is 0 Å². The molecule has 1 saturated heterocycles. The summed E-state index contributed by atoms with van der Waals surface area (Å²) < 4.78 is 0. The van der Waals surface area contributed by atoms with Gasteiger partial charge < -0.3 is 20.9 Å². The topological polar surface area (TPSA) is 68.8 Å². The Balaban J connectivity index is 0.00000338. The lowest BCUT2D eigenvalue weighted by atomic mass is 10.1. The van der Waals surface area contributed by atoms with E-state index >= 15 is 0 Å². The van der Waals surface area contributed by atoms with Crippen LogP contribution < -0.4 is 16.0 Å². The quantitative estimate of drug-likeness (QED) is 0.322. The molecular formula is C19H32IN5O. The van der Waals surface area contributed by atoms with E-state index in [1.807, 2.05) is 30.3 Å². The third kappa shape index (κ3) is 8.35. The highest BCUT2D eigenvalue weighted by atomic mass is 127. The van der Waals surface area contributed by atoms with Crippen LogP contribution in [-0.4, -0.2) is 56.0 Å². The Kier molecular flexibility index (Phi) is 11.3. The number of likely N-dealkylation sites (tertiary alicyclic amines) is 1. The molecule has 2 rings (SSSR count). The fraction of sp³-hybridized carbons (Fsp3) is 0.579. The van der Waals surface area contributed by atoms with E-state index in [4.69, 9.17) is 0 Å². The van der Waals surface area contributed by atoms with Crippen molar-refractivity contribution < 1.29 is 4.79 Å². The smallest absolute Gasteiger partial charge is 0.239 e. The van der Waals surface area contributed by atoms with Gasteiger partial charge in [0.1, 0.15) is 0 Å². The van der Waals surface area contributed by atoms with Crippen LogP contribution in [0.4, 0.5) is 0 Å². The first kappa shape index (κ1) is 22.7. The lowest BCUT2D eigenvalue weighted by Gasteiger charge is -2.32. The summed E-state index contributed by atoms with van der Waals surface area (Å²) in [6, 6.07) is 10.3. The predicted molar refractivity (Wildman–Crippen MR) is 118 cm³/mol. The number of hydrogen-bond acceptors (Lipinski definition) is 3. The minimum absolute atomic E-state index is 0. The van der Waals surface area contributed by atoms with E-state index in [9.17, 15) is 4.79 Å². The number of rotatable bonds is 7. The number of hydrogen-bond donors (Lipinski definition) is 3. The summed E-state index contributed by atoms with van der Waals surface area (Å²) in [6.45, 7) is 6.42. The van der Waals surface area contributed by atoms with E-state index in [1.165, 1.54) is 13.0 Å². The van der Waals surface area contributed by atoms with Crippen molar-refractivity contribution in [2.45, 2.75) is 38.8 Å². The largest absolute Gasteiger partial charge is 0.354 e. The molecule has 0 bridgehead atoms. The maximum absolute atomic E-state index is 12.0. The number of aliphatic imine (C=N–C) groups is 1. The first-order valence-electron chi connectivity index (χ1n) is 9.21. The third-order valence-electron chi connectivity index (χ3n) is 4.44. The summed E-state index contributed by atoms with van der Waals surface area (Å²) in [4.78, 5) is 18.7. The maximum atomic E-state index is 12.0. The number of benzene rings is 1. The Bertz CT molecular complexity index is 544. The highest BCUT2D eigenvalue weighted by molar-refractivity contribution is 14.0. The fourth-order valence-electron chi connectivity index (χ4n) is 3.03. The zero-order valence-electron chi connectivity index (χ0n) is 15.8. The van der Waals surface area contributed by atoms with Gasteiger partial charge in [0.15, 0.2) is 5.96 Å². The molecule has 1 fully saturated rings. The van der Waals surface area contributed by atoms with Gasteiger partial charge in [0.05, 0.1) is 6.54 Å². The number of amides is 1. The molecule has 0 unspecified atom stereocenters. The van der Waals surface area contributed by atoms with E-state index in [2.05, 4.69) is 32.8 Å². The molecule has 6 nitrogen and oxygen atoms in total. The molecule has 0 aliphatic carbocycles. The highest BCUT2D eigenvalue weighted by Crippen LogP contribution is 2.10. The minimum atomic E-state index is -0.0374. The molecule has 1 aromatic rings. The van der Waals surface area contributed by atoms with E-state index < -0.39 is 0 Å². The molecule has 3 N–H and O–H groups in total. The highest BCUT2D eigenvalue weighted by Gasteiger charge is 2.19. The number of carbonyl (C=O) groups excluding carboxylic acids is 1. The third-order valence-corrected chi connectivity index (χ3v) is 4.44. The molecule has 7 heteroatoms. The maximum Gasteiger partial charge on any atom is 0.239 e. The van der Waals surface area contributed by atoms with Crippen molar-refractivity contribution in [3.63, 3.8) is 0 Å². The monoisotopic (exact) mass is 473 g/mol. The number of carbonyl (C=O) groups is 1. The van der Waals surface area contributed by atoms with Crippen LogP contribution in [0.3, 0.4) is 0 Å². The standard InChI is InChI=1S/C19H31N5O.HI/c1-3-11-24-12-9-17(10-13-24)23-19(20-2)22-15-18(25)21-14-16-7-5-4-6-8-16;/h4-8,17H,3,9-15H2,1-2H3,(H,21,25)(H2,20,22,23);1H. The first-order valence-corrected chi connectivity index (χ1v) is 9.21. The second-order valence-electron chi connectivity index (χ2n) is 6.45. The van der Waals surface area contributed by atoms with E-state index in [-0.39, 0.29) is 36.4 Å². The van der Waals surface area contributed by atoms with Gasteiger partial charge >= 0.3 is 0 Å². The number of halogens is 1. The van der Waals surface area contributed by atoms with E-state index in [0.29, 0.717) is 18.5 Å². The minimum Gasteiger partial charge on any atom is -0.354 e. The summed E-state index contributed by atoms with van der Waals surface area (Å²) in [5.74, 6) is 0.661. The Hall–Kier alpha value is -1.35. The summed E-state index contributed by atoms with van der Waals surface area (Å²) in [5.41, 5.74) is 1.09. The molecule has 0 atom stereocenters. The second-order valence-corrected chi connectivity index (χ2v) is 6.45. The molecule has 1 amide bonds. The molecular weight excluding hydrogens is 441 g/mol. The molecule has 0 saturated carbocycles. The number of guanidine groups is 1. The van der Waals surface area contributed by atoms with E-state index in [1.54, 1.807) is 7.05 Å². The van der Waals surface area contributed by atoms with E-state index in [0.717, 1.165) is 31.5 Å². The fourth-order valence-corrected chi connectivity index (χ4v) is 3.03. The predicted octanol–water partition coefficient (Wildman–Crippen LogP) is 1.96. The zero-order valence-corrected chi connectivity index (χ0v) is 18.2.